The Hall–Kier alpha value is -3.03. The van der Waals surface area contributed by atoms with Crippen LogP contribution in [0.4, 0.5) is 4.79 Å². The molecule has 0 aliphatic carbocycles. The predicted molar refractivity (Wildman–Crippen MR) is 76.8 cm³/mol. The fourth-order valence-corrected chi connectivity index (χ4v) is 1.90. The van der Waals surface area contributed by atoms with Gasteiger partial charge in [0, 0.05) is 11.5 Å². The number of benzene rings is 1. The van der Waals surface area contributed by atoms with Crippen LogP contribution in [0.25, 0.3) is 11.0 Å². The smallest absolute Gasteiger partial charge is 0.423 e. The Morgan fingerprint density at radius 3 is 2.59 bits per heavy atom. The molecule has 0 aliphatic heterocycles. The number of aryl methyl sites for hydroxylation is 2. The van der Waals surface area contributed by atoms with E-state index in [2.05, 4.69) is 0 Å². The largest absolute Gasteiger partial charge is 0.483 e. The number of hydrazine groups is 1. The molecule has 1 aromatic carbocycles. The van der Waals surface area contributed by atoms with E-state index < -0.39 is 17.6 Å². The van der Waals surface area contributed by atoms with Gasteiger partial charge in [-0.1, -0.05) is 0 Å². The molecule has 0 radical (unpaired) electrons. The highest BCUT2D eigenvalue weighted by atomic mass is 16.5. The van der Waals surface area contributed by atoms with E-state index in [1.807, 2.05) is 5.43 Å². The van der Waals surface area contributed by atoms with E-state index in [4.69, 9.17) is 14.3 Å². The molecule has 2 amide bonds. The first kappa shape index (κ1) is 15.4. The molecule has 0 spiro atoms. The lowest BCUT2D eigenvalue weighted by atomic mass is 10.1. The molecule has 0 saturated heterocycles. The summed E-state index contributed by atoms with van der Waals surface area (Å²) in [6.07, 6.45) is -1.37. The average Bonchev–Trinajstić information content (AvgIpc) is 2.42. The van der Waals surface area contributed by atoms with Crippen LogP contribution >= 0.6 is 0 Å². The van der Waals surface area contributed by atoms with Crippen LogP contribution in [0.3, 0.4) is 0 Å². The highest BCUT2D eigenvalue weighted by molar-refractivity contribution is 5.83. The molecule has 8 heteroatoms. The Bertz CT molecular complexity index is 796. The predicted octanol–water partition coefficient (Wildman–Crippen LogP) is 1.09. The number of nitrogens with one attached hydrogen (secondary N) is 2. The van der Waals surface area contributed by atoms with E-state index >= 15 is 0 Å². The molecule has 2 aromatic rings. The molecule has 3 N–H and O–H groups in total. The first-order valence-electron chi connectivity index (χ1n) is 6.32. The highest BCUT2D eigenvalue weighted by Crippen LogP contribution is 2.26. The molecule has 0 fully saturated rings. The van der Waals surface area contributed by atoms with Crippen LogP contribution in [-0.2, 0) is 4.79 Å². The molecule has 2 rings (SSSR count). The van der Waals surface area contributed by atoms with Crippen LogP contribution in [0.15, 0.2) is 27.4 Å². The molecule has 8 nitrogen and oxygen atoms in total. The summed E-state index contributed by atoms with van der Waals surface area (Å²) in [5, 5.41) is 9.06. The summed E-state index contributed by atoms with van der Waals surface area (Å²) in [6, 6.07) is 4.68. The van der Waals surface area contributed by atoms with Crippen molar-refractivity contribution in [2.24, 2.45) is 0 Å². The zero-order valence-electron chi connectivity index (χ0n) is 11.9. The van der Waals surface area contributed by atoms with Crippen molar-refractivity contribution in [3.63, 3.8) is 0 Å². The van der Waals surface area contributed by atoms with Gasteiger partial charge in [0.25, 0.3) is 5.91 Å². The number of carbonyl (C=O) groups is 2. The number of carbonyl (C=O) groups excluding carboxylic acids is 1. The van der Waals surface area contributed by atoms with Gasteiger partial charge in [0.15, 0.2) is 6.61 Å². The summed E-state index contributed by atoms with van der Waals surface area (Å²) < 4.78 is 10.5. The van der Waals surface area contributed by atoms with Crippen molar-refractivity contribution < 1.29 is 23.8 Å². The van der Waals surface area contributed by atoms with Gasteiger partial charge in [0.1, 0.15) is 11.3 Å². The monoisotopic (exact) mass is 306 g/mol. The molecule has 116 valence electrons. The van der Waals surface area contributed by atoms with Crippen LogP contribution in [0, 0.1) is 13.8 Å². The van der Waals surface area contributed by atoms with Gasteiger partial charge in [-0.05, 0) is 37.1 Å². The topological polar surface area (TPSA) is 118 Å². The number of hydrogen-bond acceptors (Lipinski definition) is 5. The van der Waals surface area contributed by atoms with E-state index in [1.54, 1.807) is 31.4 Å². The number of ether oxygens (including phenoxy) is 1. The summed E-state index contributed by atoms with van der Waals surface area (Å²) in [5.74, 6) is -0.201. The number of fused-ring (bicyclic) bond motifs is 1. The van der Waals surface area contributed by atoms with E-state index in [-0.39, 0.29) is 6.61 Å². The van der Waals surface area contributed by atoms with Gasteiger partial charge < -0.3 is 14.3 Å². The summed E-state index contributed by atoms with van der Waals surface area (Å²) in [6.45, 7) is 3.15. The number of rotatable bonds is 3. The summed E-state index contributed by atoms with van der Waals surface area (Å²) in [5.41, 5.74) is 5.10. The summed E-state index contributed by atoms with van der Waals surface area (Å²) >= 11 is 0. The highest BCUT2D eigenvalue weighted by Gasteiger charge is 2.10. The minimum Gasteiger partial charge on any atom is -0.483 e. The van der Waals surface area contributed by atoms with Crippen LogP contribution < -0.4 is 21.2 Å². The van der Waals surface area contributed by atoms with Gasteiger partial charge >= 0.3 is 11.7 Å². The Balaban J connectivity index is 2.18. The molecular weight excluding hydrogens is 292 g/mol. The Morgan fingerprint density at radius 1 is 1.18 bits per heavy atom. The molecular formula is C14H14N2O6. The Labute approximate surface area is 124 Å². The summed E-state index contributed by atoms with van der Waals surface area (Å²) in [7, 11) is 0. The quantitative estimate of drug-likeness (QED) is 0.577. The second-order valence-corrected chi connectivity index (χ2v) is 4.63. The second-order valence-electron chi connectivity index (χ2n) is 4.63. The van der Waals surface area contributed by atoms with Gasteiger partial charge in [0.2, 0.25) is 0 Å². The van der Waals surface area contributed by atoms with Gasteiger partial charge in [-0.2, -0.15) is 0 Å². The van der Waals surface area contributed by atoms with Crippen molar-refractivity contribution in [3.05, 3.63) is 39.7 Å². The van der Waals surface area contributed by atoms with Gasteiger partial charge in [-0.25, -0.2) is 15.0 Å². The minimum atomic E-state index is -1.37. The van der Waals surface area contributed by atoms with Crippen LogP contribution in [-0.4, -0.2) is 23.7 Å². The summed E-state index contributed by atoms with van der Waals surface area (Å²) in [4.78, 5) is 33.0. The Morgan fingerprint density at radius 2 is 1.91 bits per heavy atom. The fraction of sp³-hybridized carbons (Fsp3) is 0.214. The van der Waals surface area contributed by atoms with E-state index in [9.17, 15) is 14.4 Å². The zero-order valence-corrected chi connectivity index (χ0v) is 11.9. The third kappa shape index (κ3) is 3.54. The lowest BCUT2D eigenvalue weighted by Crippen LogP contribution is -2.43. The average molecular weight is 306 g/mol. The second kappa shape index (κ2) is 6.17. The van der Waals surface area contributed by atoms with E-state index in [0.29, 0.717) is 22.3 Å². The third-order valence-corrected chi connectivity index (χ3v) is 2.91. The molecule has 1 aromatic heterocycles. The molecule has 0 saturated carbocycles. The fourth-order valence-electron chi connectivity index (χ4n) is 1.90. The van der Waals surface area contributed by atoms with Crippen molar-refractivity contribution in [2.75, 3.05) is 6.61 Å². The molecule has 0 atom stereocenters. The van der Waals surface area contributed by atoms with Crippen LogP contribution in [0.2, 0.25) is 0 Å². The Kier molecular flexibility index (Phi) is 4.31. The number of hydrogen-bond donors (Lipinski definition) is 3. The van der Waals surface area contributed by atoms with Crippen LogP contribution in [0.5, 0.6) is 5.75 Å². The zero-order chi connectivity index (χ0) is 16.3. The molecule has 22 heavy (non-hydrogen) atoms. The number of carboxylic acid groups (broad SMARTS) is 1. The molecule has 0 unspecified atom stereocenters. The lowest BCUT2D eigenvalue weighted by molar-refractivity contribution is -0.123. The third-order valence-electron chi connectivity index (χ3n) is 2.91. The van der Waals surface area contributed by atoms with Gasteiger partial charge in [-0.3, -0.25) is 10.2 Å². The van der Waals surface area contributed by atoms with Crippen molar-refractivity contribution in [1.82, 2.24) is 10.9 Å². The maximum Gasteiger partial charge on any atom is 0.423 e. The van der Waals surface area contributed by atoms with E-state index in [0.717, 1.165) is 5.56 Å². The van der Waals surface area contributed by atoms with Crippen molar-refractivity contribution in [3.8, 4) is 5.75 Å². The minimum absolute atomic E-state index is 0.359. The van der Waals surface area contributed by atoms with Crippen molar-refractivity contribution >= 4 is 23.0 Å². The van der Waals surface area contributed by atoms with Crippen molar-refractivity contribution in [2.45, 2.75) is 13.8 Å². The normalized spacial score (nSPS) is 10.3. The lowest BCUT2D eigenvalue weighted by Gasteiger charge is -2.11. The van der Waals surface area contributed by atoms with E-state index in [1.165, 1.54) is 6.07 Å². The van der Waals surface area contributed by atoms with Crippen molar-refractivity contribution in [1.29, 1.82) is 0 Å². The number of amides is 2. The standard InChI is InChI=1S/C14H14N2O6/c1-7-4-13(18)22-11-3-8(2)10(5-9(7)11)21-6-12(17)15-16-14(19)20/h3-5,16H,6H2,1-2H3,(H,15,17)(H,19,20). The molecule has 0 bridgehead atoms. The first-order chi connectivity index (χ1) is 10.4. The molecule has 0 aliphatic rings. The maximum atomic E-state index is 11.4. The maximum absolute atomic E-state index is 11.4. The molecule has 1 heterocycles. The van der Waals surface area contributed by atoms with Gasteiger partial charge in [0.05, 0.1) is 0 Å². The van der Waals surface area contributed by atoms with Crippen LogP contribution in [0.1, 0.15) is 11.1 Å². The first-order valence-corrected chi connectivity index (χ1v) is 6.32. The SMILES string of the molecule is Cc1cc2oc(=O)cc(C)c2cc1OCC(=O)NNC(=O)O. The van der Waals surface area contributed by atoms with Gasteiger partial charge in [-0.15, -0.1) is 0 Å².